The van der Waals surface area contributed by atoms with Gasteiger partial charge in [-0.3, -0.25) is 4.98 Å². The van der Waals surface area contributed by atoms with Gasteiger partial charge >= 0.3 is 0 Å². The zero-order chi connectivity index (χ0) is 12.3. The Labute approximate surface area is 101 Å². The quantitative estimate of drug-likeness (QED) is 0.878. The van der Waals surface area contributed by atoms with Crippen molar-refractivity contribution in [3.63, 3.8) is 0 Å². The van der Waals surface area contributed by atoms with E-state index in [0.29, 0.717) is 6.54 Å². The molecule has 2 N–H and O–H groups in total. The van der Waals surface area contributed by atoms with E-state index < -0.39 is 0 Å². The van der Waals surface area contributed by atoms with Crippen LogP contribution in [0, 0.1) is 13.8 Å². The van der Waals surface area contributed by atoms with Crippen molar-refractivity contribution in [2.45, 2.75) is 20.4 Å². The van der Waals surface area contributed by atoms with E-state index in [0.717, 1.165) is 22.8 Å². The van der Waals surface area contributed by atoms with Gasteiger partial charge in [0.05, 0.1) is 6.20 Å². The number of benzene rings is 1. The van der Waals surface area contributed by atoms with Gasteiger partial charge in [0, 0.05) is 17.8 Å². The molecule has 0 fully saturated rings. The van der Waals surface area contributed by atoms with Crippen LogP contribution in [0.2, 0.25) is 0 Å². The van der Waals surface area contributed by atoms with E-state index in [1.807, 2.05) is 44.2 Å². The number of aryl methyl sites for hydroxylation is 2. The lowest BCUT2D eigenvalue weighted by Crippen LogP contribution is -2.00. The SMILES string of the molecule is Cc1ccc(Oc2ccc(C)nc2)c(CN)c1. The van der Waals surface area contributed by atoms with Gasteiger partial charge in [0.1, 0.15) is 11.5 Å². The third kappa shape index (κ3) is 2.82. The Hall–Kier alpha value is -1.87. The number of nitrogens with two attached hydrogens (primary N) is 1. The Bertz CT molecular complexity index is 506. The number of aromatic nitrogens is 1. The molecule has 1 aromatic carbocycles. The summed E-state index contributed by atoms with van der Waals surface area (Å²) in [6.07, 6.45) is 1.72. The first-order valence-electron chi connectivity index (χ1n) is 5.59. The molecule has 2 rings (SSSR count). The first-order valence-corrected chi connectivity index (χ1v) is 5.59. The summed E-state index contributed by atoms with van der Waals surface area (Å²) >= 11 is 0. The predicted octanol–water partition coefficient (Wildman–Crippen LogP) is 2.95. The van der Waals surface area contributed by atoms with Gasteiger partial charge in [-0.2, -0.15) is 0 Å². The summed E-state index contributed by atoms with van der Waals surface area (Å²) in [4.78, 5) is 4.19. The van der Waals surface area contributed by atoms with Crippen molar-refractivity contribution in [2.75, 3.05) is 0 Å². The number of hydrogen-bond donors (Lipinski definition) is 1. The summed E-state index contributed by atoms with van der Waals surface area (Å²) < 4.78 is 5.77. The number of pyridine rings is 1. The van der Waals surface area contributed by atoms with E-state index in [-0.39, 0.29) is 0 Å². The monoisotopic (exact) mass is 228 g/mol. The fourth-order valence-electron chi connectivity index (χ4n) is 1.61. The summed E-state index contributed by atoms with van der Waals surface area (Å²) in [5, 5.41) is 0. The Morgan fingerprint density at radius 1 is 1.18 bits per heavy atom. The summed E-state index contributed by atoms with van der Waals surface area (Å²) in [6.45, 7) is 4.45. The lowest BCUT2D eigenvalue weighted by atomic mass is 10.1. The maximum absolute atomic E-state index is 5.77. The standard InChI is InChI=1S/C14H16N2O/c1-10-3-6-14(12(7-10)8-15)17-13-5-4-11(2)16-9-13/h3-7,9H,8,15H2,1-2H3. The van der Waals surface area contributed by atoms with Crippen LogP contribution in [0.25, 0.3) is 0 Å². The van der Waals surface area contributed by atoms with Crippen LogP contribution in [-0.4, -0.2) is 4.98 Å². The molecule has 0 aliphatic heterocycles. The molecule has 0 saturated heterocycles. The van der Waals surface area contributed by atoms with Gasteiger partial charge in [0.2, 0.25) is 0 Å². The number of rotatable bonds is 3. The van der Waals surface area contributed by atoms with E-state index in [1.165, 1.54) is 5.56 Å². The molecule has 0 amide bonds. The van der Waals surface area contributed by atoms with Gasteiger partial charge in [0.25, 0.3) is 0 Å². The van der Waals surface area contributed by atoms with Crippen molar-refractivity contribution < 1.29 is 4.74 Å². The van der Waals surface area contributed by atoms with Crippen LogP contribution < -0.4 is 10.5 Å². The smallest absolute Gasteiger partial charge is 0.145 e. The van der Waals surface area contributed by atoms with Gasteiger partial charge in [-0.05, 0) is 32.0 Å². The summed E-state index contributed by atoms with van der Waals surface area (Å²) in [5.41, 5.74) is 8.86. The minimum absolute atomic E-state index is 0.469. The summed E-state index contributed by atoms with van der Waals surface area (Å²) in [7, 11) is 0. The van der Waals surface area contributed by atoms with Crippen molar-refractivity contribution in [3.8, 4) is 11.5 Å². The third-order valence-corrected chi connectivity index (χ3v) is 2.55. The first-order chi connectivity index (χ1) is 8.19. The Morgan fingerprint density at radius 3 is 2.65 bits per heavy atom. The van der Waals surface area contributed by atoms with Crippen LogP contribution in [0.1, 0.15) is 16.8 Å². The topological polar surface area (TPSA) is 48.1 Å². The molecule has 1 aromatic heterocycles. The Kier molecular flexibility index (Phi) is 3.40. The second kappa shape index (κ2) is 4.97. The second-order valence-electron chi connectivity index (χ2n) is 4.05. The Morgan fingerprint density at radius 2 is 2.00 bits per heavy atom. The molecule has 0 unspecified atom stereocenters. The molecule has 0 aliphatic rings. The Balaban J connectivity index is 2.26. The molecule has 0 radical (unpaired) electrons. The molecule has 0 spiro atoms. The van der Waals surface area contributed by atoms with E-state index in [4.69, 9.17) is 10.5 Å². The van der Waals surface area contributed by atoms with Crippen LogP contribution in [0.15, 0.2) is 36.5 Å². The van der Waals surface area contributed by atoms with Gasteiger partial charge in [-0.1, -0.05) is 17.7 Å². The van der Waals surface area contributed by atoms with E-state index in [9.17, 15) is 0 Å². The molecule has 88 valence electrons. The van der Waals surface area contributed by atoms with Crippen LogP contribution in [0.3, 0.4) is 0 Å². The molecule has 17 heavy (non-hydrogen) atoms. The summed E-state index contributed by atoms with van der Waals surface area (Å²) in [6, 6.07) is 9.82. The van der Waals surface area contributed by atoms with Crippen LogP contribution in [-0.2, 0) is 6.54 Å². The van der Waals surface area contributed by atoms with E-state index in [1.54, 1.807) is 6.20 Å². The first kappa shape index (κ1) is 11.6. The lowest BCUT2D eigenvalue weighted by Gasteiger charge is -2.10. The lowest BCUT2D eigenvalue weighted by molar-refractivity contribution is 0.473. The van der Waals surface area contributed by atoms with E-state index in [2.05, 4.69) is 4.98 Å². The molecule has 0 aliphatic carbocycles. The molecule has 1 heterocycles. The maximum atomic E-state index is 5.77. The van der Waals surface area contributed by atoms with Crippen LogP contribution >= 0.6 is 0 Å². The highest BCUT2D eigenvalue weighted by molar-refractivity contribution is 5.39. The second-order valence-corrected chi connectivity index (χ2v) is 4.05. The number of hydrogen-bond acceptors (Lipinski definition) is 3. The van der Waals surface area contributed by atoms with Crippen molar-refractivity contribution in [2.24, 2.45) is 5.73 Å². The van der Waals surface area contributed by atoms with Crippen molar-refractivity contribution in [1.29, 1.82) is 0 Å². The third-order valence-electron chi connectivity index (χ3n) is 2.55. The zero-order valence-corrected chi connectivity index (χ0v) is 10.1. The van der Waals surface area contributed by atoms with Gasteiger partial charge < -0.3 is 10.5 Å². The molecule has 0 bridgehead atoms. The normalized spacial score (nSPS) is 10.3. The molecule has 0 saturated carbocycles. The van der Waals surface area contributed by atoms with Crippen molar-refractivity contribution in [1.82, 2.24) is 4.98 Å². The molecule has 3 heteroatoms. The molecular formula is C14H16N2O. The molecule has 2 aromatic rings. The highest BCUT2D eigenvalue weighted by atomic mass is 16.5. The number of nitrogens with zero attached hydrogens (tertiary/aromatic N) is 1. The van der Waals surface area contributed by atoms with Crippen molar-refractivity contribution >= 4 is 0 Å². The fraction of sp³-hybridized carbons (Fsp3) is 0.214. The zero-order valence-electron chi connectivity index (χ0n) is 10.1. The van der Waals surface area contributed by atoms with Gasteiger partial charge in [-0.15, -0.1) is 0 Å². The van der Waals surface area contributed by atoms with Gasteiger partial charge in [0.15, 0.2) is 0 Å². The minimum Gasteiger partial charge on any atom is -0.455 e. The largest absolute Gasteiger partial charge is 0.455 e. The van der Waals surface area contributed by atoms with Crippen molar-refractivity contribution in [3.05, 3.63) is 53.3 Å². The molecular weight excluding hydrogens is 212 g/mol. The highest BCUT2D eigenvalue weighted by Crippen LogP contribution is 2.25. The average molecular weight is 228 g/mol. The minimum atomic E-state index is 0.469. The molecule has 0 atom stereocenters. The number of ether oxygens (including phenoxy) is 1. The average Bonchev–Trinajstić information content (AvgIpc) is 2.34. The predicted molar refractivity (Wildman–Crippen MR) is 68.1 cm³/mol. The molecule has 3 nitrogen and oxygen atoms in total. The van der Waals surface area contributed by atoms with Gasteiger partial charge in [-0.25, -0.2) is 0 Å². The van der Waals surface area contributed by atoms with Crippen LogP contribution in [0.5, 0.6) is 11.5 Å². The van der Waals surface area contributed by atoms with E-state index >= 15 is 0 Å². The fourth-order valence-corrected chi connectivity index (χ4v) is 1.61. The highest BCUT2D eigenvalue weighted by Gasteiger charge is 2.04. The maximum Gasteiger partial charge on any atom is 0.145 e. The summed E-state index contributed by atoms with van der Waals surface area (Å²) in [5.74, 6) is 1.53. The van der Waals surface area contributed by atoms with Crippen LogP contribution in [0.4, 0.5) is 0 Å².